The number of carbonyl (C=O) groups excluding carboxylic acids is 1. The summed E-state index contributed by atoms with van der Waals surface area (Å²) < 4.78 is 16.5. The Bertz CT molecular complexity index is 1030. The molecule has 1 aliphatic rings. The number of rotatable bonds is 4. The Hall–Kier alpha value is -3.12. The second-order valence-electron chi connectivity index (χ2n) is 6.41. The van der Waals surface area contributed by atoms with Crippen LogP contribution in [-0.2, 0) is 9.53 Å². The van der Waals surface area contributed by atoms with Crippen LogP contribution >= 0.6 is 0 Å². The maximum absolute atomic E-state index is 12.4. The summed E-state index contributed by atoms with van der Waals surface area (Å²) in [6.45, 7) is 0.607. The predicted molar refractivity (Wildman–Crippen MR) is 102 cm³/mol. The van der Waals surface area contributed by atoms with Crippen molar-refractivity contribution in [3.63, 3.8) is 0 Å². The fraction of sp³-hybridized carbons (Fsp3) is 0.238. The SMILES string of the molecule is COc1ccc(-c2cc(=O)c3ccc(NC(=O)C4CCCO4)cc3o2)cc1. The zero-order valence-electron chi connectivity index (χ0n) is 14.9. The molecule has 0 spiro atoms. The minimum Gasteiger partial charge on any atom is -0.497 e. The van der Waals surface area contributed by atoms with E-state index in [4.69, 9.17) is 13.9 Å². The molecule has 4 rings (SSSR count). The normalized spacial score (nSPS) is 16.4. The lowest BCUT2D eigenvalue weighted by molar-refractivity contribution is -0.124. The summed E-state index contributed by atoms with van der Waals surface area (Å²) in [5, 5.41) is 3.29. The molecule has 3 aromatic rings. The molecule has 6 heteroatoms. The van der Waals surface area contributed by atoms with Crippen LogP contribution in [0, 0.1) is 0 Å². The van der Waals surface area contributed by atoms with Crippen molar-refractivity contribution < 1.29 is 18.7 Å². The van der Waals surface area contributed by atoms with Crippen molar-refractivity contribution in [1.29, 1.82) is 0 Å². The smallest absolute Gasteiger partial charge is 0.253 e. The first-order valence-electron chi connectivity index (χ1n) is 8.79. The van der Waals surface area contributed by atoms with Crippen molar-refractivity contribution in [2.24, 2.45) is 0 Å². The topological polar surface area (TPSA) is 77.8 Å². The van der Waals surface area contributed by atoms with Gasteiger partial charge in [-0.2, -0.15) is 0 Å². The molecule has 1 N–H and O–H groups in total. The fourth-order valence-corrected chi connectivity index (χ4v) is 3.14. The van der Waals surface area contributed by atoms with E-state index in [0.717, 1.165) is 24.2 Å². The number of hydrogen-bond acceptors (Lipinski definition) is 5. The van der Waals surface area contributed by atoms with E-state index in [-0.39, 0.29) is 11.3 Å². The third kappa shape index (κ3) is 3.57. The van der Waals surface area contributed by atoms with Crippen LogP contribution in [0.4, 0.5) is 5.69 Å². The number of carbonyl (C=O) groups is 1. The Labute approximate surface area is 155 Å². The molecule has 0 aliphatic carbocycles. The molecule has 6 nitrogen and oxygen atoms in total. The van der Waals surface area contributed by atoms with Crippen molar-refractivity contribution in [3.05, 3.63) is 58.8 Å². The molecule has 1 saturated heterocycles. The lowest BCUT2D eigenvalue weighted by Crippen LogP contribution is -2.26. The van der Waals surface area contributed by atoms with E-state index in [2.05, 4.69) is 5.32 Å². The van der Waals surface area contributed by atoms with Gasteiger partial charge in [0.05, 0.1) is 12.5 Å². The van der Waals surface area contributed by atoms with E-state index in [0.29, 0.717) is 29.0 Å². The van der Waals surface area contributed by atoms with Crippen LogP contribution in [-0.4, -0.2) is 25.7 Å². The van der Waals surface area contributed by atoms with E-state index >= 15 is 0 Å². The summed E-state index contributed by atoms with van der Waals surface area (Å²) >= 11 is 0. The number of nitrogens with one attached hydrogen (secondary N) is 1. The summed E-state index contributed by atoms with van der Waals surface area (Å²) in [4.78, 5) is 24.7. The highest BCUT2D eigenvalue weighted by atomic mass is 16.5. The molecular formula is C21H19NO5. The van der Waals surface area contributed by atoms with Gasteiger partial charge < -0.3 is 19.2 Å². The quantitative estimate of drug-likeness (QED) is 0.764. The number of methoxy groups -OCH3 is 1. The number of ether oxygens (including phenoxy) is 2. The average molecular weight is 365 g/mol. The van der Waals surface area contributed by atoms with Gasteiger partial charge in [0.2, 0.25) is 0 Å². The Morgan fingerprint density at radius 3 is 2.67 bits per heavy atom. The maximum atomic E-state index is 12.4. The van der Waals surface area contributed by atoms with Crippen molar-refractivity contribution >= 4 is 22.6 Å². The van der Waals surface area contributed by atoms with E-state index < -0.39 is 6.10 Å². The Balaban J connectivity index is 1.67. The van der Waals surface area contributed by atoms with Crippen molar-refractivity contribution in [2.45, 2.75) is 18.9 Å². The van der Waals surface area contributed by atoms with Gasteiger partial charge in [0.15, 0.2) is 5.43 Å². The maximum Gasteiger partial charge on any atom is 0.253 e. The molecule has 2 aromatic carbocycles. The van der Waals surface area contributed by atoms with Crippen LogP contribution in [0.2, 0.25) is 0 Å². The van der Waals surface area contributed by atoms with Gasteiger partial charge in [0, 0.05) is 30.0 Å². The van der Waals surface area contributed by atoms with Gasteiger partial charge in [0.25, 0.3) is 5.91 Å². The van der Waals surface area contributed by atoms with E-state index in [1.54, 1.807) is 37.4 Å². The van der Waals surface area contributed by atoms with Crippen LogP contribution in [0.1, 0.15) is 12.8 Å². The van der Waals surface area contributed by atoms with Crippen LogP contribution in [0.3, 0.4) is 0 Å². The molecule has 1 amide bonds. The molecule has 138 valence electrons. The zero-order valence-corrected chi connectivity index (χ0v) is 14.9. The predicted octanol–water partition coefficient (Wildman–Crippen LogP) is 3.59. The average Bonchev–Trinajstić information content (AvgIpc) is 3.23. The molecule has 2 heterocycles. The minimum atomic E-state index is -0.418. The van der Waals surface area contributed by atoms with E-state index in [1.165, 1.54) is 6.07 Å². The molecule has 0 bridgehead atoms. The lowest BCUT2D eigenvalue weighted by atomic mass is 10.1. The van der Waals surface area contributed by atoms with Gasteiger partial charge in [-0.15, -0.1) is 0 Å². The highest BCUT2D eigenvalue weighted by Gasteiger charge is 2.23. The third-order valence-electron chi connectivity index (χ3n) is 4.59. The van der Waals surface area contributed by atoms with Gasteiger partial charge in [-0.3, -0.25) is 9.59 Å². The summed E-state index contributed by atoms with van der Waals surface area (Å²) in [6, 6.07) is 13.7. The summed E-state index contributed by atoms with van der Waals surface area (Å²) in [5.41, 5.74) is 1.61. The van der Waals surface area contributed by atoms with Crippen LogP contribution in [0.25, 0.3) is 22.3 Å². The highest BCUT2D eigenvalue weighted by Crippen LogP contribution is 2.26. The summed E-state index contributed by atoms with van der Waals surface area (Å²) in [5.74, 6) is 0.999. The number of fused-ring (bicyclic) bond motifs is 1. The molecule has 0 saturated carbocycles. The van der Waals surface area contributed by atoms with E-state index in [9.17, 15) is 9.59 Å². The lowest BCUT2D eigenvalue weighted by Gasteiger charge is -2.11. The Morgan fingerprint density at radius 2 is 1.96 bits per heavy atom. The molecule has 1 unspecified atom stereocenters. The number of benzene rings is 2. The van der Waals surface area contributed by atoms with Gasteiger partial charge in [0.1, 0.15) is 23.2 Å². The first-order valence-corrected chi connectivity index (χ1v) is 8.79. The Kier molecular flexibility index (Phi) is 4.64. The standard InChI is InChI=1S/C21H19NO5/c1-25-15-7-4-13(5-8-15)19-12-17(23)16-9-6-14(11-20(16)27-19)22-21(24)18-3-2-10-26-18/h4-9,11-12,18H,2-3,10H2,1H3,(H,22,24). The summed E-state index contributed by atoms with van der Waals surface area (Å²) in [6.07, 6.45) is 1.18. The first kappa shape index (κ1) is 17.3. The van der Waals surface area contributed by atoms with Gasteiger partial charge in [-0.05, 0) is 49.2 Å². The zero-order chi connectivity index (χ0) is 18.8. The minimum absolute atomic E-state index is 0.140. The molecule has 1 fully saturated rings. The van der Waals surface area contributed by atoms with Crippen LogP contribution < -0.4 is 15.5 Å². The molecular weight excluding hydrogens is 346 g/mol. The second kappa shape index (κ2) is 7.25. The molecule has 1 atom stereocenters. The van der Waals surface area contributed by atoms with Crippen molar-refractivity contribution in [1.82, 2.24) is 0 Å². The van der Waals surface area contributed by atoms with Crippen molar-refractivity contribution in [2.75, 3.05) is 19.0 Å². The monoisotopic (exact) mass is 365 g/mol. The van der Waals surface area contributed by atoms with Gasteiger partial charge in [-0.1, -0.05) is 0 Å². The largest absolute Gasteiger partial charge is 0.497 e. The van der Waals surface area contributed by atoms with Crippen LogP contribution in [0.15, 0.2) is 57.7 Å². The molecule has 1 aliphatic heterocycles. The molecule has 27 heavy (non-hydrogen) atoms. The van der Waals surface area contributed by atoms with Crippen LogP contribution in [0.5, 0.6) is 5.75 Å². The van der Waals surface area contributed by atoms with Crippen molar-refractivity contribution in [3.8, 4) is 17.1 Å². The molecule has 1 aromatic heterocycles. The summed E-state index contributed by atoms with van der Waals surface area (Å²) in [7, 11) is 1.59. The number of hydrogen-bond donors (Lipinski definition) is 1. The first-order chi connectivity index (χ1) is 13.1. The third-order valence-corrected chi connectivity index (χ3v) is 4.59. The fourth-order valence-electron chi connectivity index (χ4n) is 3.14. The molecule has 0 radical (unpaired) electrons. The number of amides is 1. The number of anilines is 1. The Morgan fingerprint density at radius 1 is 1.15 bits per heavy atom. The highest BCUT2D eigenvalue weighted by molar-refractivity contribution is 5.96. The van der Waals surface area contributed by atoms with E-state index in [1.807, 2.05) is 12.1 Å². The van der Waals surface area contributed by atoms with Gasteiger partial charge >= 0.3 is 0 Å². The van der Waals surface area contributed by atoms with Gasteiger partial charge in [-0.25, -0.2) is 0 Å². The second-order valence-corrected chi connectivity index (χ2v) is 6.41.